The summed E-state index contributed by atoms with van der Waals surface area (Å²) < 4.78 is 17.8. The fourth-order valence-corrected chi connectivity index (χ4v) is 5.18. The number of rotatable bonds is 8. The topological polar surface area (TPSA) is 128 Å². The molecule has 0 unspecified atom stereocenters. The molecule has 0 aliphatic carbocycles. The smallest absolute Gasteiger partial charge is 0.338 e. The SMILES string of the molecule is CCOC(=O)C1=C(C)N=c2s/c(=C\Nc3cc(C(=O)O)ccc3Cl)c(=O)n2[C@H]1c1ccc(OC)c(OC)c1. The first kappa shape index (κ1) is 27.0. The van der Waals surface area contributed by atoms with Crippen molar-refractivity contribution in [3.63, 3.8) is 0 Å². The van der Waals surface area contributed by atoms with Gasteiger partial charge in [-0.3, -0.25) is 9.36 Å². The number of nitrogens with one attached hydrogen (secondary N) is 1. The van der Waals surface area contributed by atoms with Gasteiger partial charge in [0, 0.05) is 6.20 Å². The van der Waals surface area contributed by atoms with Gasteiger partial charge in [0.1, 0.15) is 4.53 Å². The molecule has 2 N–H and O–H groups in total. The van der Waals surface area contributed by atoms with Crippen LogP contribution in [0.2, 0.25) is 5.02 Å². The van der Waals surface area contributed by atoms with Crippen molar-refractivity contribution in [2.24, 2.45) is 4.99 Å². The van der Waals surface area contributed by atoms with Gasteiger partial charge in [0.2, 0.25) is 0 Å². The molecule has 1 atom stereocenters. The third kappa shape index (κ3) is 5.02. The Labute approximate surface area is 226 Å². The molecule has 4 rings (SSSR count). The number of hydrogen-bond donors (Lipinski definition) is 2. The number of aromatic carboxylic acids is 1. The van der Waals surface area contributed by atoms with Gasteiger partial charge < -0.3 is 24.6 Å². The lowest BCUT2D eigenvalue weighted by molar-refractivity contribution is -0.139. The number of carboxylic acid groups (broad SMARTS) is 1. The summed E-state index contributed by atoms with van der Waals surface area (Å²) >= 11 is 7.32. The lowest BCUT2D eigenvalue weighted by Gasteiger charge is -2.25. The lowest BCUT2D eigenvalue weighted by Crippen LogP contribution is -2.40. The Bertz CT molecular complexity index is 1640. The van der Waals surface area contributed by atoms with Gasteiger partial charge in [-0.2, -0.15) is 0 Å². The van der Waals surface area contributed by atoms with Crippen LogP contribution in [0.4, 0.5) is 5.69 Å². The fourth-order valence-electron chi connectivity index (χ4n) is 4.04. The third-order valence-electron chi connectivity index (χ3n) is 5.81. The maximum absolute atomic E-state index is 13.7. The molecule has 0 saturated carbocycles. The van der Waals surface area contributed by atoms with Gasteiger partial charge in [-0.1, -0.05) is 29.0 Å². The summed E-state index contributed by atoms with van der Waals surface area (Å²) in [5.41, 5.74) is 1.18. The molecule has 0 amide bonds. The molecule has 12 heteroatoms. The van der Waals surface area contributed by atoms with Crippen LogP contribution in [0, 0.1) is 0 Å². The van der Waals surface area contributed by atoms with Crippen molar-refractivity contribution in [1.29, 1.82) is 0 Å². The summed E-state index contributed by atoms with van der Waals surface area (Å²) in [5.74, 6) is -0.773. The van der Waals surface area contributed by atoms with E-state index in [4.69, 9.17) is 25.8 Å². The van der Waals surface area contributed by atoms with E-state index in [0.29, 0.717) is 33.2 Å². The van der Waals surface area contributed by atoms with Crippen molar-refractivity contribution < 1.29 is 28.9 Å². The summed E-state index contributed by atoms with van der Waals surface area (Å²) in [6.45, 7) is 3.54. The van der Waals surface area contributed by atoms with E-state index < -0.39 is 23.5 Å². The van der Waals surface area contributed by atoms with Gasteiger partial charge in [-0.25, -0.2) is 14.6 Å². The number of hydrogen-bond acceptors (Lipinski definition) is 9. The quantitative estimate of drug-likeness (QED) is 0.404. The highest BCUT2D eigenvalue weighted by atomic mass is 35.5. The first-order valence-electron chi connectivity index (χ1n) is 11.4. The van der Waals surface area contributed by atoms with Crippen LogP contribution >= 0.6 is 22.9 Å². The van der Waals surface area contributed by atoms with Gasteiger partial charge in [-0.15, -0.1) is 0 Å². The van der Waals surface area contributed by atoms with Crippen molar-refractivity contribution in [3.05, 3.63) is 83.5 Å². The summed E-state index contributed by atoms with van der Waals surface area (Å²) in [5, 5.41) is 12.5. The van der Waals surface area contributed by atoms with E-state index in [0.717, 1.165) is 11.3 Å². The van der Waals surface area contributed by atoms with Crippen LogP contribution < -0.4 is 29.7 Å². The molecule has 2 aromatic carbocycles. The Morgan fingerprint density at radius 3 is 2.58 bits per heavy atom. The molecule has 198 valence electrons. The summed E-state index contributed by atoms with van der Waals surface area (Å²) in [6, 6.07) is 8.51. The summed E-state index contributed by atoms with van der Waals surface area (Å²) in [6.07, 6.45) is 1.44. The number of fused-ring (bicyclic) bond motifs is 1. The molecule has 1 aliphatic rings. The van der Waals surface area contributed by atoms with Crippen molar-refractivity contribution >= 4 is 46.8 Å². The Hall–Kier alpha value is -4.09. The predicted octanol–water partition coefficient (Wildman–Crippen LogP) is 3.19. The first-order chi connectivity index (χ1) is 18.2. The van der Waals surface area contributed by atoms with E-state index in [1.807, 2.05) is 0 Å². The average Bonchev–Trinajstić information content (AvgIpc) is 3.21. The highest BCUT2D eigenvalue weighted by Gasteiger charge is 2.34. The molecule has 0 radical (unpaired) electrons. The van der Waals surface area contributed by atoms with Crippen molar-refractivity contribution in [2.45, 2.75) is 19.9 Å². The van der Waals surface area contributed by atoms with Crippen molar-refractivity contribution in [1.82, 2.24) is 4.57 Å². The van der Waals surface area contributed by atoms with Crippen LogP contribution in [0.1, 0.15) is 35.8 Å². The molecule has 1 aromatic heterocycles. The van der Waals surface area contributed by atoms with E-state index in [-0.39, 0.29) is 27.3 Å². The first-order valence-corrected chi connectivity index (χ1v) is 12.6. The maximum Gasteiger partial charge on any atom is 0.338 e. The van der Waals surface area contributed by atoms with Crippen molar-refractivity contribution in [3.8, 4) is 11.5 Å². The molecule has 2 heterocycles. The predicted molar refractivity (Wildman–Crippen MR) is 143 cm³/mol. The molecule has 0 fully saturated rings. The lowest BCUT2D eigenvalue weighted by atomic mass is 9.95. The number of carboxylic acids is 1. The normalized spacial score (nSPS) is 15.0. The highest BCUT2D eigenvalue weighted by molar-refractivity contribution is 7.07. The van der Waals surface area contributed by atoms with Crippen LogP contribution in [0.15, 0.2) is 57.5 Å². The zero-order chi connectivity index (χ0) is 27.6. The van der Waals surface area contributed by atoms with Crippen LogP contribution in [0.5, 0.6) is 11.5 Å². The minimum absolute atomic E-state index is 0.0370. The summed E-state index contributed by atoms with van der Waals surface area (Å²) in [4.78, 5) is 43.0. The Kier molecular flexibility index (Phi) is 7.88. The number of benzene rings is 2. The number of methoxy groups -OCH3 is 2. The number of aromatic nitrogens is 1. The van der Waals surface area contributed by atoms with Gasteiger partial charge in [0.05, 0.1) is 54.4 Å². The number of halogens is 1. The maximum atomic E-state index is 13.7. The molecular weight excluding hydrogens is 534 g/mol. The number of nitrogens with zero attached hydrogens (tertiary/aromatic N) is 2. The minimum Gasteiger partial charge on any atom is -0.493 e. The number of anilines is 1. The van der Waals surface area contributed by atoms with Crippen LogP contribution in [-0.4, -0.2) is 42.4 Å². The zero-order valence-corrected chi connectivity index (χ0v) is 22.5. The molecule has 10 nitrogen and oxygen atoms in total. The molecule has 38 heavy (non-hydrogen) atoms. The van der Waals surface area contributed by atoms with Gasteiger partial charge in [-0.05, 0) is 49.7 Å². The highest BCUT2D eigenvalue weighted by Crippen LogP contribution is 2.36. The molecular formula is C26H24ClN3O7S. The Morgan fingerprint density at radius 2 is 1.92 bits per heavy atom. The molecule has 1 aliphatic heterocycles. The molecule has 0 bridgehead atoms. The average molecular weight is 558 g/mol. The Morgan fingerprint density at radius 1 is 1.18 bits per heavy atom. The second-order valence-corrected chi connectivity index (χ2v) is 9.48. The summed E-state index contributed by atoms with van der Waals surface area (Å²) in [7, 11) is 3.01. The molecule has 3 aromatic rings. The van der Waals surface area contributed by atoms with Crippen LogP contribution in [0.25, 0.3) is 6.20 Å². The fraction of sp³-hybridized carbons (Fsp3) is 0.231. The van der Waals surface area contributed by atoms with E-state index >= 15 is 0 Å². The number of allylic oxidation sites excluding steroid dienone is 1. The largest absolute Gasteiger partial charge is 0.493 e. The molecule has 0 spiro atoms. The van der Waals surface area contributed by atoms with Gasteiger partial charge in [0.15, 0.2) is 16.3 Å². The standard InChI is InChI=1S/C26H24ClN3O7S/c1-5-37-25(34)21-13(2)29-26-30(22(21)14-7-9-18(35-3)19(11-14)36-4)23(31)20(38-26)12-28-17-10-15(24(32)33)6-8-16(17)27/h6-12,22,28H,5H2,1-4H3,(H,32,33)/b20-12-/t22-/m0/s1. The number of esters is 1. The number of carbonyl (C=O) groups excluding carboxylic acids is 1. The van der Waals surface area contributed by atoms with E-state index in [9.17, 15) is 19.5 Å². The van der Waals surface area contributed by atoms with Crippen LogP contribution in [0.3, 0.4) is 0 Å². The number of thiazole rings is 1. The zero-order valence-electron chi connectivity index (χ0n) is 20.9. The monoisotopic (exact) mass is 557 g/mol. The Balaban J connectivity index is 1.88. The van der Waals surface area contributed by atoms with Gasteiger partial charge >= 0.3 is 11.9 Å². The second kappa shape index (κ2) is 11.1. The third-order valence-corrected chi connectivity index (χ3v) is 7.12. The minimum atomic E-state index is -1.11. The van der Waals surface area contributed by atoms with Gasteiger partial charge in [0.25, 0.3) is 5.56 Å². The van der Waals surface area contributed by atoms with E-state index in [1.54, 1.807) is 32.0 Å². The number of carbonyl (C=O) groups is 2. The number of ether oxygens (including phenoxy) is 3. The van der Waals surface area contributed by atoms with Crippen LogP contribution in [-0.2, 0) is 9.53 Å². The molecule has 0 saturated heterocycles. The van der Waals surface area contributed by atoms with E-state index in [2.05, 4.69) is 10.3 Å². The van der Waals surface area contributed by atoms with E-state index in [1.165, 1.54) is 43.2 Å². The second-order valence-electron chi connectivity index (χ2n) is 8.06. The van der Waals surface area contributed by atoms with Crippen molar-refractivity contribution in [2.75, 3.05) is 26.1 Å².